The molecule has 0 aliphatic carbocycles. The lowest BCUT2D eigenvalue weighted by molar-refractivity contribution is 0.550. The third kappa shape index (κ3) is 3.64. The molecule has 0 spiro atoms. The van der Waals surface area contributed by atoms with Crippen molar-refractivity contribution < 1.29 is 4.39 Å². The molecule has 1 aromatic rings. The minimum Gasteiger partial charge on any atom is -0.312 e. The van der Waals surface area contributed by atoms with Crippen LogP contribution in [0.3, 0.4) is 0 Å². The molecule has 0 amide bonds. The maximum Gasteiger partial charge on any atom is 0.123 e. The van der Waals surface area contributed by atoms with Gasteiger partial charge in [0, 0.05) is 11.6 Å². The summed E-state index contributed by atoms with van der Waals surface area (Å²) in [5.41, 5.74) is 0.812. The third-order valence-corrected chi connectivity index (χ3v) is 2.24. The van der Waals surface area contributed by atoms with Crippen LogP contribution < -0.4 is 5.32 Å². The summed E-state index contributed by atoms with van der Waals surface area (Å²) in [4.78, 5) is 0. The quantitative estimate of drug-likeness (QED) is 0.813. The van der Waals surface area contributed by atoms with Gasteiger partial charge in [-0.05, 0) is 36.2 Å². The van der Waals surface area contributed by atoms with Crippen molar-refractivity contribution >= 4 is 11.6 Å². The number of benzene rings is 1. The normalized spacial score (nSPS) is 10.9. The molecule has 0 saturated heterocycles. The number of hydrogen-bond acceptors (Lipinski definition) is 1. The fourth-order valence-corrected chi connectivity index (χ4v) is 1.36. The maximum atomic E-state index is 12.8. The summed E-state index contributed by atoms with van der Waals surface area (Å²) in [6, 6.07) is 4.42. The van der Waals surface area contributed by atoms with Gasteiger partial charge in [0.25, 0.3) is 0 Å². The second kappa shape index (κ2) is 5.32. The first kappa shape index (κ1) is 11.5. The Hall–Kier alpha value is -0.600. The zero-order valence-electron chi connectivity index (χ0n) is 8.48. The number of nitrogens with one attached hydrogen (secondary N) is 1. The summed E-state index contributed by atoms with van der Waals surface area (Å²) >= 11 is 5.90. The van der Waals surface area contributed by atoms with Crippen LogP contribution in [0, 0.1) is 11.7 Å². The van der Waals surface area contributed by atoms with E-state index < -0.39 is 0 Å². The van der Waals surface area contributed by atoms with Crippen molar-refractivity contribution in [3.63, 3.8) is 0 Å². The third-order valence-electron chi connectivity index (χ3n) is 1.88. The van der Waals surface area contributed by atoms with Gasteiger partial charge in [-0.15, -0.1) is 0 Å². The summed E-state index contributed by atoms with van der Waals surface area (Å²) < 4.78 is 12.8. The summed E-state index contributed by atoms with van der Waals surface area (Å²) in [6.45, 7) is 5.78. The predicted molar refractivity (Wildman–Crippen MR) is 58.0 cm³/mol. The lowest BCUT2D eigenvalue weighted by atomic mass is 10.2. The average Bonchev–Trinajstić information content (AvgIpc) is 2.10. The highest BCUT2D eigenvalue weighted by Crippen LogP contribution is 2.16. The average molecular weight is 216 g/mol. The largest absolute Gasteiger partial charge is 0.312 e. The van der Waals surface area contributed by atoms with E-state index >= 15 is 0 Å². The van der Waals surface area contributed by atoms with Gasteiger partial charge in [0.2, 0.25) is 0 Å². The Kier molecular flexibility index (Phi) is 4.36. The van der Waals surface area contributed by atoms with Gasteiger partial charge < -0.3 is 5.32 Å². The molecule has 1 rings (SSSR count). The maximum absolute atomic E-state index is 12.8. The van der Waals surface area contributed by atoms with Crippen LogP contribution in [0.25, 0.3) is 0 Å². The lowest BCUT2D eigenvalue weighted by Gasteiger charge is -2.08. The topological polar surface area (TPSA) is 12.0 Å². The van der Waals surface area contributed by atoms with Crippen molar-refractivity contribution in [2.75, 3.05) is 6.54 Å². The van der Waals surface area contributed by atoms with Gasteiger partial charge in [-0.3, -0.25) is 0 Å². The summed E-state index contributed by atoms with van der Waals surface area (Å²) in [6.07, 6.45) is 0. The molecule has 0 atom stereocenters. The van der Waals surface area contributed by atoms with Crippen molar-refractivity contribution in [1.82, 2.24) is 5.32 Å². The van der Waals surface area contributed by atoms with Crippen LogP contribution in [0.4, 0.5) is 4.39 Å². The van der Waals surface area contributed by atoms with Gasteiger partial charge in [-0.1, -0.05) is 25.4 Å². The highest BCUT2D eigenvalue weighted by Gasteiger charge is 2.01. The van der Waals surface area contributed by atoms with Gasteiger partial charge in [0.15, 0.2) is 0 Å². The van der Waals surface area contributed by atoms with Gasteiger partial charge in [-0.2, -0.15) is 0 Å². The van der Waals surface area contributed by atoms with Crippen molar-refractivity contribution in [3.05, 3.63) is 34.6 Å². The van der Waals surface area contributed by atoms with Crippen molar-refractivity contribution in [2.24, 2.45) is 5.92 Å². The second-order valence-corrected chi connectivity index (χ2v) is 4.17. The van der Waals surface area contributed by atoms with Crippen LogP contribution in [0.5, 0.6) is 0 Å². The van der Waals surface area contributed by atoms with Crippen LogP contribution in [0.15, 0.2) is 18.2 Å². The van der Waals surface area contributed by atoms with E-state index in [4.69, 9.17) is 11.6 Å². The number of rotatable bonds is 4. The highest BCUT2D eigenvalue weighted by molar-refractivity contribution is 6.31. The predicted octanol–water partition coefficient (Wildman–Crippen LogP) is 3.22. The van der Waals surface area contributed by atoms with E-state index in [1.165, 1.54) is 12.1 Å². The fraction of sp³-hybridized carbons (Fsp3) is 0.455. The van der Waals surface area contributed by atoms with E-state index in [2.05, 4.69) is 19.2 Å². The first-order chi connectivity index (χ1) is 6.59. The molecule has 0 fully saturated rings. The Labute approximate surface area is 89.3 Å². The molecular formula is C11H15ClFN. The second-order valence-electron chi connectivity index (χ2n) is 3.76. The van der Waals surface area contributed by atoms with Crippen LogP contribution in [0.1, 0.15) is 19.4 Å². The molecule has 1 N–H and O–H groups in total. The zero-order chi connectivity index (χ0) is 10.6. The monoisotopic (exact) mass is 215 g/mol. The number of halogens is 2. The molecule has 0 heterocycles. The van der Waals surface area contributed by atoms with Crippen LogP contribution in [-0.4, -0.2) is 6.54 Å². The van der Waals surface area contributed by atoms with Crippen LogP contribution >= 0.6 is 11.6 Å². The molecule has 0 radical (unpaired) electrons. The molecule has 78 valence electrons. The van der Waals surface area contributed by atoms with Crippen molar-refractivity contribution in [3.8, 4) is 0 Å². The first-order valence-electron chi connectivity index (χ1n) is 4.74. The van der Waals surface area contributed by atoms with Gasteiger partial charge in [-0.25, -0.2) is 4.39 Å². The van der Waals surface area contributed by atoms with E-state index in [9.17, 15) is 4.39 Å². The molecule has 14 heavy (non-hydrogen) atoms. The molecular weight excluding hydrogens is 201 g/mol. The Balaban J connectivity index is 2.53. The Morgan fingerprint density at radius 1 is 1.43 bits per heavy atom. The Bertz CT molecular complexity index is 299. The Morgan fingerprint density at radius 2 is 2.14 bits per heavy atom. The molecule has 0 saturated carbocycles. The molecule has 0 aliphatic heterocycles. The molecule has 3 heteroatoms. The molecule has 0 aromatic heterocycles. The van der Waals surface area contributed by atoms with E-state index in [0.717, 1.165) is 12.1 Å². The van der Waals surface area contributed by atoms with Gasteiger partial charge >= 0.3 is 0 Å². The van der Waals surface area contributed by atoms with E-state index in [1.54, 1.807) is 6.07 Å². The highest BCUT2D eigenvalue weighted by atomic mass is 35.5. The van der Waals surface area contributed by atoms with Gasteiger partial charge in [0.05, 0.1) is 0 Å². The fourth-order valence-electron chi connectivity index (χ4n) is 1.17. The van der Waals surface area contributed by atoms with Crippen molar-refractivity contribution in [2.45, 2.75) is 20.4 Å². The molecule has 1 nitrogen and oxygen atoms in total. The molecule has 1 aromatic carbocycles. The molecule has 0 unspecified atom stereocenters. The summed E-state index contributed by atoms with van der Waals surface area (Å²) in [7, 11) is 0. The molecule has 0 aliphatic rings. The SMILES string of the molecule is CC(C)CNCc1cc(F)ccc1Cl. The molecule has 0 bridgehead atoms. The van der Waals surface area contributed by atoms with Crippen LogP contribution in [-0.2, 0) is 6.54 Å². The van der Waals surface area contributed by atoms with E-state index in [-0.39, 0.29) is 5.82 Å². The zero-order valence-corrected chi connectivity index (χ0v) is 9.24. The first-order valence-corrected chi connectivity index (χ1v) is 5.12. The van der Waals surface area contributed by atoms with E-state index in [1.807, 2.05) is 0 Å². The smallest absolute Gasteiger partial charge is 0.123 e. The van der Waals surface area contributed by atoms with Crippen LogP contribution in [0.2, 0.25) is 5.02 Å². The van der Waals surface area contributed by atoms with E-state index in [0.29, 0.717) is 17.5 Å². The lowest BCUT2D eigenvalue weighted by Crippen LogP contribution is -2.19. The van der Waals surface area contributed by atoms with Crippen molar-refractivity contribution in [1.29, 1.82) is 0 Å². The van der Waals surface area contributed by atoms with Gasteiger partial charge in [0.1, 0.15) is 5.82 Å². The standard InChI is InChI=1S/C11H15ClFN/c1-8(2)6-14-7-9-5-10(13)3-4-11(9)12/h3-5,8,14H,6-7H2,1-2H3. The Morgan fingerprint density at radius 3 is 2.79 bits per heavy atom. The minimum atomic E-state index is -0.240. The number of hydrogen-bond donors (Lipinski definition) is 1. The summed E-state index contributed by atoms with van der Waals surface area (Å²) in [5.74, 6) is 0.345. The minimum absolute atomic E-state index is 0.240. The summed E-state index contributed by atoms with van der Waals surface area (Å²) in [5, 5.41) is 3.83.